The molecule has 1 aromatic heterocycles. The van der Waals surface area contributed by atoms with Crippen LogP contribution in [-0.4, -0.2) is 27.2 Å². The van der Waals surface area contributed by atoms with Crippen LogP contribution in [0.15, 0.2) is 6.07 Å². The Morgan fingerprint density at radius 2 is 2.06 bits per heavy atom. The van der Waals surface area contributed by atoms with Crippen molar-refractivity contribution in [2.24, 2.45) is 5.84 Å². The lowest BCUT2D eigenvalue weighted by Crippen LogP contribution is -2.35. The molecular formula is C10H20N6O. The average molecular weight is 240 g/mol. The first-order valence-electron chi connectivity index (χ1n) is 5.53. The predicted molar refractivity (Wildman–Crippen MR) is 68.3 cm³/mol. The maximum atomic E-state index is 9.04. The minimum Gasteiger partial charge on any atom is -0.396 e. The third-order valence-electron chi connectivity index (χ3n) is 2.77. The molecule has 1 aromatic rings. The molecule has 1 rings (SSSR count). The van der Waals surface area contributed by atoms with Crippen LogP contribution in [0.5, 0.6) is 0 Å². The van der Waals surface area contributed by atoms with Gasteiger partial charge in [0.1, 0.15) is 11.6 Å². The molecule has 7 nitrogen and oxygen atoms in total. The van der Waals surface area contributed by atoms with Gasteiger partial charge in [-0.2, -0.15) is 9.97 Å². The van der Waals surface area contributed by atoms with E-state index in [2.05, 4.69) is 20.7 Å². The Morgan fingerprint density at radius 1 is 1.41 bits per heavy atom. The van der Waals surface area contributed by atoms with E-state index in [-0.39, 0.29) is 18.1 Å². The molecular weight excluding hydrogens is 220 g/mol. The van der Waals surface area contributed by atoms with Crippen molar-refractivity contribution >= 4 is 17.6 Å². The van der Waals surface area contributed by atoms with Crippen LogP contribution in [0.1, 0.15) is 26.7 Å². The lowest BCUT2D eigenvalue weighted by Gasteiger charge is -2.29. The number of nitrogen functional groups attached to an aromatic ring is 2. The van der Waals surface area contributed by atoms with Crippen LogP contribution < -0.4 is 22.3 Å². The Bertz CT molecular complexity index is 372. The van der Waals surface area contributed by atoms with Gasteiger partial charge in [0, 0.05) is 18.2 Å². The van der Waals surface area contributed by atoms with Crippen LogP contribution in [0.4, 0.5) is 17.6 Å². The largest absolute Gasteiger partial charge is 0.396 e. The van der Waals surface area contributed by atoms with Gasteiger partial charge in [-0.15, -0.1) is 0 Å². The molecule has 96 valence electrons. The highest BCUT2D eigenvalue weighted by atomic mass is 16.3. The number of aliphatic hydroxyl groups excluding tert-OH is 1. The van der Waals surface area contributed by atoms with Crippen LogP contribution in [0.3, 0.4) is 0 Å². The van der Waals surface area contributed by atoms with Crippen molar-refractivity contribution in [3.8, 4) is 0 Å². The standard InChI is InChI=1S/C10H20N6O/c1-3-10(2,4-5-17)15-7-6-8(16-12)14-9(11)13-7/h6,17H,3-5,12H2,1-2H3,(H4,11,13,14,15,16). The number of aliphatic hydroxyl groups is 1. The molecule has 0 radical (unpaired) electrons. The molecule has 0 aromatic carbocycles. The predicted octanol–water partition coefficient (Wildman–Crippen LogP) is 0.307. The monoisotopic (exact) mass is 240 g/mol. The van der Waals surface area contributed by atoms with Crippen molar-refractivity contribution in [2.75, 3.05) is 23.1 Å². The SMILES string of the molecule is CCC(C)(CCO)Nc1cc(NN)nc(N)n1. The summed E-state index contributed by atoms with van der Waals surface area (Å²) in [7, 11) is 0. The third kappa shape index (κ3) is 3.72. The molecule has 1 heterocycles. The van der Waals surface area contributed by atoms with Gasteiger partial charge in [-0.1, -0.05) is 6.92 Å². The second kappa shape index (κ2) is 5.65. The summed E-state index contributed by atoms with van der Waals surface area (Å²) in [6, 6.07) is 1.67. The van der Waals surface area contributed by atoms with Gasteiger partial charge in [0.05, 0.1) is 0 Å². The van der Waals surface area contributed by atoms with Crippen molar-refractivity contribution in [3.05, 3.63) is 6.07 Å². The number of anilines is 3. The van der Waals surface area contributed by atoms with Gasteiger partial charge < -0.3 is 21.6 Å². The first kappa shape index (κ1) is 13.5. The molecule has 7 N–H and O–H groups in total. The van der Waals surface area contributed by atoms with E-state index >= 15 is 0 Å². The number of aromatic nitrogens is 2. The smallest absolute Gasteiger partial charge is 0.223 e. The molecule has 0 aliphatic heterocycles. The minimum atomic E-state index is -0.235. The molecule has 0 bridgehead atoms. The third-order valence-corrected chi connectivity index (χ3v) is 2.77. The van der Waals surface area contributed by atoms with Crippen LogP contribution in [0.25, 0.3) is 0 Å². The summed E-state index contributed by atoms with van der Waals surface area (Å²) in [6.07, 6.45) is 1.47. The lowest BCUT2D eigenvalue weighted by molar-refractivity contribution is 0.252. The fourth-order valence-corrected chi connectivity index (χ4v) is 1.49. The van der Waals surface area contributed by atoms with Crippen molar-refractivity contribution < 1.29 is 5.11 Å². The van der Waals surface area contributed by atoms with Crippen LogP contribution >= 0.6 is 0 Å². The van der Waals surface area contributed by atoms with E-state index in [9.17, 15) is 0 Å². The van der Waals surface area contributed by atoms with E-state index in [1.165, 1.54) is 0 Å². The van der Waals surface area contributed by atoms with Gasteiger partial charge in [-0.3, -0.25) is 0 Å². The first-order valence-corrected chi connectivity index (χ1v) is 5.53. The van der Waals surface area contributed by atoms with E-state index in [0.717, 1.165) is 6.42 Å². The average Bonchev–Trinajstić information content (AvgIpc) is 2.28. The van der Waals surface area contributed by atoms with Gasteiger partial charge in [-0.05, 0) is 19.8 Å². The van der Waals surface area contributed by atoms with Gasteiger partial charge >= 0.3 is 0 Å². The number of hydrazine groups is 1. The van der Waals surface area contributed by atoms with Crippen molar-refractivity contribution in [1.82, 2.24) is 9.97 Å². The van der Waals surface area contributed by atoms with Crippen molar-refractivity contribution in [2.45, 2.75) is 32.2 Å². The molecule has 0 saturated carbocycles. The van der Waals surface area contributed by atoms with Crippen LogP contribution in [0.2, 0.25) is 0 Å². The van der Waals surface area contributed by atoms with Crippen molar-refractivity contribution in [1.29, 1.82) is 0 Å². The maximum Gasteiger partial charge on any atom is 0.223 e. The minimum absolute atomic E-state index is 0.111. The highest BCUT2D eigenvalue weighted by Gasteiger charge is 2.21. The van der Waals surface area contributed by atoms with Gasteiger partial charge in [-0.25, -0.2) is 5.84 Å². The van der Waals surface area contributed by atoms with E-state index in [1.54, 1.807) is 6.07 Å². The van der Waals surface area contributed by atoms with E-state index in [4.69, 9.17) is 16.7 Å². The zero-order valence-corrected chi connectivity index (χ0v) is 10.2. The summed E-state index contributed by atoms with van der Waals surface area (Å²) >= 11 is 0. The molecule has 17 heavy (non-hydrogen) atoms. The molecule has 0 aliphatic rings. The topological polar surface area (TPSA) is 122 Å². The summed E-state index contributed by atoms with van der Waals surface area (Å²) < 4.78 is 0. The highest BCUT2D eigenvalue weighted by Crippen LogP contribution is 2.22. The number of nitrogens with zero attached hydrogens (tertiary/aromatic N) is 2. The molecule has 1 atom stereocenters. The number of nitrogens with one attached hydrogen (secondary N) is 2. The molecule has 0 fully saturated rings. The van der Waals surface area contributed by atoms with Crippen LogP contribution in [-0.2, 0) is 0 Å². The molecule has 0 saturated heterocycles. The Morgan fingerprint density at radius 3 is 2.59 bits per heavy atom. The second-order valence-corrected chi connectivity index (χ2v) is 4.15. The molecule has 7 heteroatoms. The van der Waals surface area contributed by atoms with Gasteiger partial charge in [0.15, 0.2) is 0 Å². The maximum absolute atomic E-state index is 9.04. The van der Waals surface area contributed by atoms with E-state index in [1.807, 2.05) is 13.8 Å². The van der Waals surface area contributed by atoms with Crippen LogP contribution in [0, 0.1) is 0 Å². The summed E-state index contributed by atoms with van der Waals surface area (Å²) in [5, 5.41) is 12.3. The van der Waals surface area contributed by atoms with Gasteiger partial charge in [0.25, 0.3) is 0 Å². The second-order valence-electron chi connectivity index (χ2n) is 4.15. The molecule has 1 unspecified atom stereocenters. The van der Waals surface area contributed by atoms with Gasteiger partial charge in [0.2, 0.25) is 5.95 Å². The zero-order valence-electron chi connectivity index (χ0n) is 10.2. The Kier molecular flexibility index (Phi) is 4.47. The van der Waals surface area contributed by atoms with Crippen molar-refractivity contribution in [3.63, 3.8) is 0 Å². The highest BCUT2D eigenvalue weighted by molar-refractivity contribution is 5.51. The molecule has 0 amide bonds. The van der Waals surface area contributed by atoms with E-state index < -0.39 is 0 Å². The fraction of sp³-hybridized carbons (Fsp3) is 0.600. The summed E-state index contributed by atoms with van der Waals surface area (Å²) in [5.74, 6) is 6.46. The number of nitrogens with two attached hydrogens (primary N) is 2. The molecule has 0 aliphatic carbocycles. The summed E-state index contributed by atoms with van der Waals surface area (Å²) in [4.78, 5) is 7.97. The fourth-order valence-electron chi connectivity index (χ4n) is 1.49. The number of rotatable bonds is 6. The summed E-state index contributed by atoms with van der Waals surface area (Å²) in [5.41, 5.74) is 7.75. The lowest BCUT2D eigenvalue weighted by atomic mass is 9.95. The number of hydrogen-bond acceptors (Lipinski definition) is 7. The Balaban J connectivity index is 2.89. The number of hydrogen-bond donors (Lipinski definition) is 5. The van der Waals surface area contributed by atoms with E-state index in [0.29, 0.717) is 18.1 Å². The molecule has 0 spiro atoms. The Labute approximate surface area is 101 Å². The quantitative estimate of drug-likeness (QED) is 0.358. The first-order chi connectivity index (χ1) is 8.03. The zero-order chi connectivity index (χ0) is 12.9. The normalized spacial score (nSPS) is 14.1. The summed E-state index contributed by atoms with van der Waals surface area (Å²) in [6.45, 7) is 4.16. The Hall–Kier alpha value is -1.60.